The van der Waals surface area contributed by atoms with Crippen LogP contribution in [0.25, 0.3) is 0 Å². The first-order valence-corrected chi connectivity index (χ1v) is 12.5. The summed E-state index contributed by atoms with van der Waals surface area (Å²) in [4.78, 5) is 12.3. The predicted molar refractivity (Wildman–Crippen MR) is 130 cm³/mol. The Morgan fingerprint density at radius 3 is 2.52 bits per heavy atom. The fourth-order valence-corrected chi connectivity index (χ4v) is 5.52. The van der Waals surface area contributed by atoms with Crippen LogP contribution in [0.4, 0.5) is 5.69 Å². The molecule has 1 amide bonds. The van der Waals surface area contributed by atoms with Crippen LogP contribution in [-0.4, -0.2) is 31.8 Å². The van der Waals surface area contributed by atoms with E-state index in [1.54, 1.807) is 18.2 Å². The fourth-order valence-electron chi connectivity index (χ4n) is 3.59. The first-order valence-electron chi connectivity index (χ1n) is 10.3. The molecule has 0 fully saturated rings. The molecule has 0 atom stereocenters. The molecule has 1 aliphatic rings. The van der Waals surface area contributed by atoms with Crippen LogP contribution in [0.1, 0.15) is 16.7 Å². The van der Waals surface area contributed by atoms with Gasteiger partial charge in [0.25, 0.3) is 5.91 Å². The van der Waals surface area contributed by atoms with Crippen LogP contribution in [-0.2, 0) is 27.8 Å². The molecule has 1 heterocycles. The molecule has 9 heteroatoms. The van der Waals surface area contributed by atoms with Gasteiger partial charge in [-0.15, -0.1) is 0 Å². The van der Waals surface area contributed by atoms with Gasteiger partial charge in [-0.25, -0.2) is 8.42 Å². The van der Waals surface area contributed by atoms with Crippen molar-refractivity contribution in [2.75, 3.05) is 18.5 Å². The highest BCUT2D eigenvalue weighted by molar-refractivity contribution is 7.89. The van der Waals surface area contributed by atoms with Crippen molar-refractivity contribution in [2.24, 2.45) is 0 Å². The van der Waals surface area contributed by atoms with E-state index in [4.69, 9.17) is 27.9 Å². The van der Waals surface area contributed by atoms with E-state index in [9.17, 15) is 13.2 Å². The van der Waals surface area contributed by atoms with E-state index in [1.165, 1.54) is 22.5 Å². The fraction of sp³-hybridized carbons (Fsp3) is 0.208. The zero-order valence-electron chi connectivity index (χ0n) is 17.8. The SMILES string of the molecule is Cc1ccc(NC(=O)COc2ccc(S(=O)(=O)N3CCc4ccccc4C3)cc2Cl)cc1Cl. The molecule has 0 bridgehead atoms. The first-order chi connectivity index (χ1) is 15.7. The van der Waals surface area contributed by atoms with Crippen molar-refractivity contribution in [1.82, 2.24) is 4.31 Å². The Kier molecular flexibility index (Phi) is 6.95. The molecule has 0 saturated heterocycles. The Morgan fingerprint density at radius 1 is 1.03 bits per heavy atom. The van der Waals surface area contributed by atoms with Crippen LogP contribution in [0.15, 0.2) is 65.6 Å². The van der Waals surface area contributed by atoms with Crippen molar-refractivity contribution >= 4 is 44.8 Å². The Morgan fingerprint density at radius 2 is 1.79 bits per heavy atom. The maximum absolute atomic E-state index is 13.1. The van der Waals surface area contributed by atoms with Gasteiger partial charge in [-0.1, -0.05) is 53.5 Å². The lowest BCUT2D eigenvalue weighted by Crippen LogP contribution is -2.35. The molecule has 3 aromatic carbocycles. The molecule has 172 valence electrons. The number of nitrogens with zero attached hydrogens (tertiary/aromatic N) is 1. The van der Waals surface area contributed by atoms with Crippen molar-refractivity contribution in [2.45, 2.75) is 24.8 Å². The first kappa shape index (κ1) is 23.6. The van der Waals surface area contributed by atoms with Gasteiger partial charge in [0.1, 0.15) is 5.75 Å². The quantitative estimate of drug-likeness (QED) is 0.508. The van der Waals surface area contributed by atoms with Gasteiger partial charge in [-0.2, -0.15) is 4.31 Å². The van der Waals surface area contributed by atoms with Gasteiger partial charge in [-0.3, -0.25) is 4.79 Å². The third-order valence-corrected chi connectivity index (χ3v) is 7.99. The van der Waals surface area contributed by atoms with Crippen LogP contribution in [0.2, 0.25) is 10.0 Å². The van der Waals surface area contributed by atoms with Crippen LogP contribution < -0.4 is 10.1 Å². The van der Waals surface area contributed by atoms with Crippen molar-refractivity contribution in [1.29, 1.82) is 0 Å². The van der Waals surface area contributed by atoms with Crippen molar-refractivity contribution in [3.8, 4) is 5.75 Å². The number of anilines is 1. The molecule has 0 radical (unpaired) electrons. The number of nitrogens with one attached hydrogen (secondary N) is 1. The van der Waals surface area contributed by atoms with Gasteiger partial charge in [-0.05, 0) is 60.4 Å². The number of fused-ring (bicyclic) bond motifs is 1. The Labute approximate surface area is 203 Å². The minimum Gasteiger partial charge on any atom is -0.482 e. The third kappa shape index (κ3) is 5.33. The largest absolute Gasteiger partial charge is 0.482 e. The van der Waals surface area contributed by atoms with Gasteiger partial charge in [0.05, 0.1) is 9.92 Å². The smallest absolute Gasteiger partial charge is 0.262 e. The normalized spacial score (nSPS) is 13.9. The van der Waals surface area contributed by atoms with Crippen molar-refractivity contribution in [3.63, 3.8) is 0 Å². The zero-order valence-corrected chi connectivity index (χ0v) is 20.2. The second-order valence-corrected chi connectivity index (χ2v) is 10.5. The van der Waals surface area contributed by atoms with E-state index >= 15 is 0 Å². The van der Waals surface area contributed by atoms with E-state index in [-0.39, 0.29) is 22.3 Å². The minimum atomic E-state index is -3.72. The number of aryl methyl sites for hydroxylation is 1. The van der Waals surface area contributed by atoms with E-state index in [1.807, 2.05) is 31.2 Å². The summed E-state index contributed by atoms with van der Waals surface area (Å²) in [6.07, 6.45) is 0.658. The van der Waals surface area contributed by atoms with Gasteiger partial charge < -0.3 is 10.1 Å². The Hall–Kier alpha value is -2.58. The number of carbonyl (C=O) groups excluding carboxylic acids is 1. The summed E-state index contributed by atoms with van der Waals surface area (Å²) in [5, 5.41) is 3.35. The van der Waals surface area contributed by atoms with Gasteiger partial charge in [0, 0.05) is 23.8 Å². The summed E-state index contributed by atoms with van der Waals surface area (Å²) < 4.78 is 33.2. The van der Waals surface area contributed by atoms with E-state index in [0.717, 1.165) is 16.7 Å². The summed E-state index contributed by atoms with van der Waals surface area (Å²) in [6.45, 7) is 2.29. The summed E-state index contributed by atoms with van der Waals surface area (Å²) in [7, 11) is -3.72. The molecular formula is C24H22Cl2N2O4S. The molecule has 1 N–H and O–H groups in total. The lowest BCUT2D eigenvalue weighted by Gasteiger charge is -2.28. The van der Waals surface area contributed by atoms with Crippen LogP contribution in [0.3, 0.4) is 0 Å². The van der Waals surface area contributed by atoms with Gasteiger partial charge >= 0.3 is 0 Å². The highest BCUT2D eigenvalue weighted by atomic mass is 35.5. The third-order valence-electron chi connectivity index (χ3n) is 5.45. The van der Waals surface area contributed by atoms with Gasteiger partial charge in [0.2, 0.25) is 10.0 Å². The number of ether oxygens (including phenoxy) is 1. The highest BCUT2D eigenvalue weighted by Gasteiger charge is 2.28. The number of sulfonamides is 1. The monoisotopic (exact) mass is 504 g/mol. The topological polar surface area (TPSA) is 75.7 Å². The molecule has 1 aliphatic heterocycles. The number of benzene rings is 3. The lowest BCUT2D eigenvalue weighted by atomic mass is 10.0. The summed E-state index contributed by atoms with van der Waals surface area (Å²) in [5.74, 6) is -0.175. The molecule has 6 nitrogen and oxygen atoms in total. The average Bonchev–Trinajstić information content (AvgIpc) is 2.80. The Balaban J connectivity index is 1.41. The number of halogens is 2. The molecule has 0 unspecified atom stereocenters. The Bertz CT molecular complexity index is 1310. The van der Waals surface area contributed by atoms with E-state index in [2.05, 4.69) is 5.32 Å². The highest BCUT2D eigenvalue weighted by Crippen LogP contribution is 2.31. The molecule has 0 spiro atoms. The maximum atomic E-state index is 13.1. The summed E-state index contributed by atoms with van der Waals surface area (Å²) >= 11 is 12.4. The molecule has 3 aromatic rings. The second-order valence-electron chi connectivity index (χ2n) is 7.75. The summed E-state index contributed by atoms with van der Waals surface area (Å²) in [6, 6.07) is 17.3. The van der Waals surface area contributed by atoms with E-state index < -0.39 is 15.9 Å². The minimum absolute atomic E-state index is 0.0815. The van der Waals surface area contributed by atoms with Crippen LogP contribution >= 0.6 is 23.2 Å². The number of hydrogen-bond donors (Lipinski definition) is 1. The number of rotatable bonds is 6. The molecule has 0 saturated carbocycles. The molecule has 0 aromatic heterocycles. The van der Waals surface area contributed by atoms with Crippen molar-refractivity contribution < 1.29 is 17.9 Å². The van der Waals surface area contributed by atoms with Gasteiger partial charge in [0.15, 0.2) is 6.61 Å². The van der Waals surface area contributed by atoms with E-state index in [0.29, 0.717) is 30.2 Å². The molecule has 0 aliphatic carbocycles. The molecule has 33 heavy (non-hydrogen) atoms. The predicted octanol–water partition coefficient (Wildman–Crippen LogP) is 5.07. The average molecular weight is 505 g/mol. The summed E-state index contributed by atoms with van der Waals surface area (Å²) in [5.41, 5.74) is 3.62. The molecular weight excluding hydrogens is 483 g/mol. The standard InChI is InChI=1S/C24H22Cl2N2O4S/c1-16-6-7-19(12-21(16)25)27-24(29)15-32-23-9-8-20(13-22(23)26)33(30,31)28-11-10-17-4-2-3-5-18(17)14-28/h2-9,12-13H,10-11,14-15H2,1H3,(H,27,29). The van der Waals surface area contributed by atoms with Crippen molar-refractivity contribution in [3.05, 3.63) is 87.4 Å². The second kappa shape index (κ2) is 9.73. The lowest BCUT2D eigenvalue weighted by molar-refractivity contribution is -0.118. The molecule has 4 rings (SSSR count). The number of carbonyl (C=O) groups is 1. The number of hydrogen-bond acceptors (Lipinski definition) is 4. The number of amides is 1. The zero-order chi connectivity index (χ0) is 23.6. The maximum Gasteiger partial charge on any atom is 0.262 e. The van der Waals surface area contributed by atoms with Crippen LogP contribution in [0, 0.1) is 6.92 Å². The van der Waals surface area contributed by atoms with Crippen LogP contribution in [0.5, 0.6) is 5.75 Å².